The van der Waals surface area contributed by atoms with Gasteiger partial charge in [0.1, 0.15) is 11.3 Å². The van der Waals surface area contributed by atoms with E-state index in [0.29, 0.717) is 12.1 Å². The number of phenolic OH excluding ortho intramolecular Hbond substituents is 1. The van der Waals surface area contributed by atoms with Crippen LogP contribution in [0.3, 0.4) is 0 Å². The molecular weight excluding hydrogens is 272 g/mol. The Morgan fingerprint density at radius 3 is 2.62 bits per heavy atom. The van der Waals surface area contributed by atoms with Crippen LogP contribution >= 0.6 is 0 Å². The lowest BCUT2D eigenvalue weighted by Gasteiger charge is -2.19. The molecule has 0 saturated heterocycles. The third-order valence-electron chi connectivity index (χ3n) is 3.16. The molecule has 0 aliphatic rings. The average Bonchev–Trinajstić information content (AvgIpc) is 2.37. The molecule has 6 heteroatoms. The Hall–Kier alpha value is -2.34. The van der Waals surface area contributed by atoms with Gasteiger partial charge in [0.05, 0.1) is 6.54 Å². The molecule has 1 N–H and O–H groups in total. The Kier molecular flexibility index (Phi) is 4.28. The van der Waals surface area contributed by atoms with Crippen molar-refractivity contribution in [3.05, 3.63) is 40.2 Å². The van der Waals surface area contributed by atoms with Gasteiger partial charge >= 0.3 is 5.63 Å². The molecule has 1 aromatic heterocycles. The normalized spacial score (nSPS) is 11.0. The van der Waals surface area contributed by atoms with E-state index in [1.807, 2.05) is 11.9 Å². The number of rotatable bonds is 4. The first-order chi connectivity index (χ1) is 9.86. The van der Waals surface area contributed by atoms with Gasteiger partial charge in [0.25, 0.3) is 0 Å². The zero-order chi connectivity index (χ0) is 15.6. The van der Waals surface area contributed by atoms with Gasteiger partial charge in [0.15, 0.2) is 0 Å². The molecule has 1 amide bonds. The molecule has 2 aromatic rings. The molecule has 0 aliphatic carbocycles. The van der Waals surface area contributed by atoms with Crippen LogP contribution in [0.5, 0.6) is 5.75 Å². The van der Waals surface area contributed by atoms with E-state index in [9.17, 15) is 14.7 Å². The molecular formula is C15H18N2O4. The van der Waals surface area contributed by atoms with Gasteiger partial charge in [-0.15, -0.1) is 0 Å². The van der Waals surface area contributed by atoms with Crippen molar-refractivity contribution in [1.29, 1.82) is 0 Å². The number of likely N-dealkylation sites (N-methyl/N-ethyl adjacent to an activating group) is 2. The molecule has 21 heavy (non-hydrogen) atoms. The van der Waals surface area contributed by atoms with Crippen LogP contribution in [-0.4, -0.2) is 48.5 Å². The molecule has 0 fully saturated rings. The number of phenols is 1. The minimum Gasteiger partial charge on any atom is -0.508 e. The summed E-state index contributed by atoms with van der Waals surface area (Å²) in [4.78, 5) is 26.6. The summed E-state index contributed by atoms with van der Waals surface area (Å²) in [6, 6.07) is 6.06. The van der Waals surface area contributed by atoms with Crippen molar-refractivity contribution in [1.82, 2.24) is 9.80 Å². The maximum absolute atomic E-state index is 11.7. The molecule has 0 unspecified atom stereocenters. The zero-order valence-corrected chi connectivity index (χ0v) is 12.3. The summed E-state index contributed by atoms with van der Waals surface area (Å²) in [5.41, 5.74) is 0.621. The second kappa shape index (κ2) is 5.97. The first kappa shape index (κ1) is 15.1. The van der Waals surface area contributed by atoms with Crippen molar-refractivity contribution >= 4 is 16.9 Å². The lowest BCUT2D eigenvalue weighted by Crippen LogP contribution is -2.34. The van der Waals surface area contributed by atoms with Gasteiger partial charge in [-0.2, -0.15) is 0 Å². The lowest BCUT2D eigenvalue weighted by molar-refractivity contribution is -0.129. The Morgan fingerprint density at radius 2 is 1.95 bits per heavy atom. The minimum absolute atomic E-state index is 0.0117. The van der Waals surface area contributed by atoms with Gasteiger partial charge in [0, 0.05) is 38.2 Å². The van der Waals surface area contributed by atoms with E-state index in [4.69, 9.17) is 4.42 Å². The van der Waals surface area contributed by atoms with Crippen LogP contribution in [0.2, 0.25) is 0 Å². The van der Waals surface area contributed by atoms with Gasteiger partial charge in [-0.25, -0.2) is 4.79 Å². The minimum atomic E-state index is -0.476. The Balaban J connectivity index is 2.29. The first-order valence-corrected chi connectivity index (χ1v) is 6.51. The summed E-state index contributed by atoms with van der Waals surface area (Å²) in [5.74, 6) is 0.0290. The Bertz CT molecular complexity index is 721. The standard InChI is InChI=1S/C15H18N2O4/c1-16(2)14(19)9-17(3)8-10-6-15(20)21-13-7-11(18)4-5-12(10)13/h4-7,18H,8-9H2,1-3H3. The van der Waals surface area contributed by atoms with Crippen molar-refractivity contribution in [3.63, 3.8) is 0 Å². The number of aromatic hydroxyl groups is 1. The van der Waals surface area contributed by atoms with Crippen LogP contribution in [0.4, 0.5) is 0 Å². The van der Waals surface area contributed by atoms with Crippen LogP contribution in [0.15, 0.2) is 33.5 Å². The highest BCUT2D eigenvalue weighted by Gasteiger charge is 2.12. The molecule has 1 heterocycles. The van der Waals surface area contributed by atoms with E-state index in [2.05, 4.69) is 0 Å². The first-order valence-electron chi connectivity index (χ1n) is 6.51. The van der Waals surface area contributed by atoms with Crippen molar-refractivity contribution in [3.8, 4) is 5.75 Å². The van der Waals surface area contributed by atoms with E-state index < -0.39 is 5.63 Å². The van der Waals surface area contributed by atoms with E-state index >= 15 is 0 Å². The van der Waals surface area contributed by atoms with Gasteiger partial charge in [0.2, 0.25) is 5.91 Å². The molecule has 0 aliphatic heterocycles. The summed E-state index contributed by atoms with van der Waals surface area (Å²) in [6.07, 6.45) is 0. The smallest absolute Gasteiger partial charge is 0.336 e. The van der Waals surface area contributed by atoms with Crippen LogP contribution in [0.25, 0.3) is 11.0 Å². The molecule has 1 aromatic carbocycles. The van der Waals surface area contributed by atoms with Crippen molar-refractivity contribution in [2.45, 2.75) is 6.54 Å². The Morgan fingerprint density at radius 1 is 1.24 bits per heavy atom. The average molecular weight is 290 g/mol. The summed E-state index contributed by atoms with van der Waals surface area (Å²) in [6.45, 7) is 0.694. The SMILES string of the molecule is CN(CC(=O)N(C)C)Cc1cc(=O)oc2cc(O)ccc12. The maximum Gasteiger partial charge on any atom is 0.336 e. The van der Waals surface area contributed by atoms with Crippen LogP contribution in [0.1, 0.15) is 5.56 Å². The second-order valence-corrected chi connectivity index (χ2v) is 5.23. The zero-order valence-electron chi connectivity index (χ0n) is 12.3. The van der Waals surface area contributed by atoms with Gasteiger partial charge in [-0.3, -0.25) is 9.69 Å². The highest BCUT2D eigenvalue weighted by Crippen LogP contribution is 2.22. The van der Waals surface area contributed by atoms with Crippen LogP contribution in [0, 0.1) is 0 Å². The number of carbonyl (C=O) groups excluding carboxylic acids is 1. The number of hydrogen-bond donors (Lipinski definition) is 1. The fourth-order valence-corrected chi connectivity index (χ4v) is 2.07. The topological polar surface area (TPSA) is 74.0 Å². The number of carbonyl (C=O) groups is 1. The predicted octanol–water partition coefficient (Wildman–Crippen LogP) is 1.02. The third kappa shape index (κ3) is 3.61. The summed E-state index contributed by atoms with van der Waals surface area (Å²) >= 11 is 0. The molecule has 0 radical (unpaired) electrons. The van der Waals surface area contributed by atoms with E-state index in [1.165, 1.54) is 23.1 Å². The monoisotopic (exact) mass is 290 g/mol. The van der Waals surface area contributed by atoms with E-state index in [0.717, 1.165) is 10.9 Å². The van der Waals surface area contributed by atoms with Gasteiger partial charge in [-0.05, 0) is 24.7 Å². The van der Waals surface area contributed by atoms with E-state index in [1.54, 1.807) is 20.2 Å². The molecule has 0 spiro atoms. The lowest BCUT2D eigenvalue weighted by atomic mass is 10.1. The molecule has 6 nitrogen and oxygen atoms in total. The van der Waals surface area contributed by atoms with Crippen LogP contribution in [-0.2, 0) is 11.3 Å². The van der Waals surface area contributed by atoms with Crippen LogP contribution < -0.4 is 5.63 Å². The summed E-state index contributed by atoms with van der Waals surface area (Å²) < 4.78 is 5.07. The molecule has 2 rings (SSSR count). The largest absolute Gasteiger partial charge is 0.508 e. The van der Waals surface area contributed by atoms with Gasteiger partial charge < -0.3 is 14.4 Å². The highest BCUT2D eigenvalue weighted by atomic mass is 16.4. The molecule has 0 bridgehead atoms. The molecule has 0 atom stereocenters. The number of fused-ring (bicyclic) bond motifs is 1. The van der Waals surface area contributed by atoms with Crippen molar-refractivity contribution in [2.75, 3.05) is 27.7 Å². The van der Waals surface area contributed by atoms with Gasteiger partial charge in [-0.1, -0.05) is 0 Å². The predicted molar refractivity (Wildman–Crippen MR) is 79.2 cm³/mol. The summed E-state index contributed by atoms with van der Waals surface area (Å²) in [5, 5.41) is 10.2. The fourth-order valence-electron chi connectivity index (χ4n) is 2.07. The highest BCUT2D eigenvalue weighted by molar-refractivity contribution is 5.81. The van der Waals surface area contributed by atoms with E-state index in [-0.39, 0.29) is 18.2 Å². The number of hydrogen-bond acceptors (Lipinski definition) is 5. The Labute approximate surface area is 122 Å². The molecule has 0 saturated carbocycles. The maximum atomic E-state index is 11.7. The fraction of sp³-hybridized carbons (Fsp3) is 0.333. The number of benzene rings is 1. The second-order valence-electron chi connectivity index (χ2n) is 5.23. The third-order valence-corrected chi connectivity index (χ3v) is 3.16. The summed E-state index contributed by atoms with van der Waals surface area (Å²) in [7, 11) is 5.21. The molecule has 112 valence electrons. The quantitative estimate of drug-likeness (QED) is 0.851. The number of nitrogens with zero attached hydrogens (tertiary/aromatic N) is 2. The number of amides is 1. The van der Waals surface area contributed by atoms with Crippen molar-refractivity contribution in [2.24, 2.45) is 0 Å². The van der Waals surface area contributed by atoms with Crippen molar-refractivity contribution < 1.29 is 14.3 Å².